The molecular weight excluding hydrogens is 427 g/mol. The van der Waals surface area contributed by atoms with Crippen molar-refractivity contribution in [2.75, 3.05) is 20.8 Å². The number of carbonyl (C=O) groups excluding carboxylic acids is 1. The fourth-order valence-electron chi connectivity index (χ4n) is 3.20. The second-order valence-corrected chi connectivity index (χ2v) is 7.09. The zero-order valence-corrected chi connectivity index (χ0v) is 17.6. The van der Waals surface area contributed by atoms with E-state index < -0.39 is 0 Å². The molecule has 0 bridgehead atoms. The van der Waals surface area contributed by atoms with E-state index in [1.165, 1.54) is 20.4 Å². The summed E-state index contributed by atoms with van der Waals surface area (Å²) in [5.41, 5.74) is 3.06. The molecule has 0 saturated heterocycles. The lowest BCUT2D eigenvalue weighted by Gasteiger charge is -2.16. The Morgan fingerprint density at radius 3 is 2.30 bits per heavy atom. The highest BCUT2D eigenvalue weighted by Crippen LogP contribution is 2.47. The number of methoxy groups -OCH3 is 2. The third-order valence-corrected chi connectivity index (χ3v) is 5.38. The van der Waals surface area contributed by atoms with Crippen LogP contribution in [-0.4, -0.2) is 42.9 Å². The summed E-state index contributed by atoms with van der Waals surface area (Å²) in [6, 6.07) is 5.01. The van der Waals surface area contributed by atoms with E-state index in [0.717, 1.165) is 0 Å². The molecule has 3 aromatic rings. The van der Waals surface area contributed by atoms with Gasteiger partial charge in [0.1, 0.15) is 17.0 Å². The van der Waals surface area contributed by atoms with Crippen LogP contribution >= 0.6 is 23.2 Å². The number of carbonyl (C=O) groups is 1. The minimum Gasteiger partial charge on any atom is -0.495 e. The topological polar surface area (TPSA) is 85.7 Å². The van der Waals surface area contributed by atoms with Crippen LogP contribution < -0.4 is 14.8 Å². The average molecular weight is 443 g/mol. The predicted octanol–water partition coefficient (Wildman–Crippen LogP) is 4.32. The lowest BCUT2D eigenvalue weighted by molar-refractivity contribution is 0.0967. The molecule has 1 aromatic heterocycles. The molecule has 0 unspecified atom stereocenters. The van der Waals surface area contributed by atoms with Gasteiger partial charge in [-0.05, 0) is 12.1 Å². The number of halogens is 2. The number of fused-ring (bicyclic) bond motifs is 1. The summed E-state index contributed by atoms with van der Waals surface area (Å²) in [6.07, 6.45) is 6.47. The van der Waals surface area contributed by atoms with E-state index in [9.17, 15) is 4.79 Å². The zero-order valence-electron chi connectivity index (χ0n) is 16.1. The summed E-state index contributed by atoms with van der Waals surface area (Å²) in [5.74, 6) is 0.504. The van der Waals surface area contributed by atoms with Crippen molar-refractivity contribution in [3.8, 4) is 22.6 Å². The van der Waals surface area contributed by atoms with Crippen LogP contribution in [0, 0.1) is 0 Å². The third kappa shape index (κ3) is 3.46. The van der Waals surface area contributed by atoms with E-state index in [1.807, 2.05) is 0 Å². The Labute approximate surface area is 182 Å². The number of hydrogen-bond donors (Lipinski definition) is 1. The molecule has 1 N–H and O–H groups in total. The number of hydrogen-bond acceptors (Lipinski definition) is 6. The fourth-order valence-corrected chi connectivity index (χ4v) is 3.91. The first kappa shape index (κ1) is 20.1. The Morgan fingerprint density at radius 1 is 1.03 bits per heavy atom. The van der Waals surface area contributed by atoms with E-state index in [2.05, 4.69) is 20.3 Å². The Balaban J connectivity index is 1.90. The normalized spacial score (nSPS) is 12.7. The van der Waals surface area contributed by atoms with Gasteiger partial charge in [0, 0.05) is 41.5 Å². The summed E-state index contributed by atoms with van der Waals surface area (Å²) in [6.45, 7) is 0.433. The van der Waals surface area contributed by atoms with Crippen molar-refractivity contribution in [2.24, 2.45) is 4.99 Å². The number of allylic oxidation sites excluding steroid dienone is 1. The molecule has 2 aromatic carbocycles. The van der Waals surface area contributed by atoms with E-state index in [1.54, 1.807) is 36.7 Å². The van der Waals surface area contributed by atoms with Gasteiger partial charge in [0.15, 0.2) is 0 Å². The van der Waals surface area contributed by atoms with Gasteiger partial charge in [-0.3, -0.25) is 19.8 Å². The Morgan fingerprint density at radius 2 is 1.70 bits per heavy atom. The number of aromatic nitrogens is 2. The zero-order chi connectivity index (χ0) is 21.3. The lowest BCUT2D eigenvalue weighted by Crippen LogP contribution is -2.24. The van der Waals surface area contributed by atoms with Gasteiger partial charge in [-0.1, -0.05) is 29.3 Å². The minimum absolute atomic E-state index is 0.302. The van der Waals surface area contributed by atoms with Crippen LogP contribution in [0.15, 0.2) is 47.4 Å². The first-order valence-corrected chi connectivity index (χ1v) is 9.65. The Hall–Kier alpha value is -3.16. The molecule has 1 aliphatic heterocycles. The molecule has 0 fully saturated rings. The van der Waals surface area contributed by atoms with Crippen molar-refractivity contribution in [1.29, 1.82) is 0 Å². The second-order valence-electron chi connectivity index (χ2n) is 6.33. The standard InChI is InChI=1S/C21H16Cl2N4O3/c1-29-14-9-15(30-2)18(23)16(17(14)22)12-3-4-13(20-19(12)25-7-8-26-20)21(28)27-11-5-6-24-10-11/h3-9H,10H2,1-2H3,(H,27,28). The molecule has 0 radical (unpaired) electrons. The van der Waals surface area contributed by atoms with Crippen LogP contribution in [0.4, 0.5) is 0 Å². The molecule has 2 heterocycles. The van der Waals surface area contributed by atoms with Crippen LogP contribution in [0.2, 0.25) is 10.0 Å². The van der Waals surface area contributed by atoms with Crippen molar-refractivity contribution < 1.29 is 14.3 Å². The minimum atomic E-state index is -0.302. The van der Waals surface area contributed by atoms with Gasteiger partial charge in [-0.2, -0.15) is 0 Å². The van der Waals surface area contributed by atoms with Crippen LogP contribution in [-0.2, 0) is 0 Å². The highest BCUT2D eigenvalue weighted by atomic mass is 35.5. The first-order valence-electron chi connectivity index (χ1n) is 8.89. The fraction of sp³-hybridized carbons (Fsp3) is 0.143. The second kappa shape index (κ2) is 8.30. The quantitative estimate of drug-likeness (QED) is 0.635. The van der Waals surface area contributed by atoms with Crippen molar-refractivity contribution in [3.05, 3.63) is 58.0 Å². The number of ether oxygens (including phenoxy) is 2. The van der Waals surface area contributed by atoms with Crippen LogP contribution in [0.1, 0.15) is 10.4 Å². The molecule has 0 saturated carbocycles. The van der Waals surface area contributed by atoms with Gasteiger partial charge in [0.25, 0.3) is 5.91 Å². The van der Waals surface area contributed by atoms with E-state index in [4.69, 9.17) is 32.7 Å². The maximum atomic E-state index is 12.8. The average Bonchev–Trinajstić information content (AvgIpc) is 3.27. The molecule has 0 atom stereocenters. The summed E-state index contributed by atoms with van der Waals surface area (Å²) in [4.78, 5) is 25.7. The SMILES string of the molecule is COc1cc(OC)c(Cl)c(-c2ccc(C(=O)NC3=CC=NC3)c3nccnc23)c1Cl. The van der Waals surface area contributed by atoms with Crippen molar-refractivity contribution >= 4 is 46.4 Å². The summed E-state index contributed by atoms with van der Waals surface area (Å²) in [5, 5.41) is 3.46. The number of nitrogens with one attached hydrogen (secondary N) is 1. The summed E-state index contributed by atoms with van der Waals surface area (Å²) < 4.78 is 10.7. The molecule has 9 heteroatoms. The first-order chi connectivity index (χ1) is 14.5. The van der Waals surface area contributed by atoms with Gasteiger partial charge >= 0.3 is 0 Å². The van der Waals surface area contributed by atoms with E-state index in [0.29, 0.717) is 61.5 Å². The van der Waals surface area contributed by atoms with Crippen molar-refractivity contribution in [3.63, 3.8) is 0 Å². The maximum absolute atomic E-state index is 12.8. The van der Waals surface area contributed by atoms with E-state index in [-0.39, 0.29) is 5.91 Å². The number of benzene rings is 2. The molecule has 30 heavy (non-hydrogen) atoms. The van der Waals surface area contributed by atoms with E-state index >= 15 is 0 Å². The summed E-state index contributed by atoms with van der Waals surface area (Å²) >= 11 is 13.2. The maximum Gasteiger partial charge on any atom is 0.257 e. The van der Waals surface area contributed by atoms with Gasteiger partial charge in [-0.15, -0.1) is 0 Å². The summed E-state index contributed by atoms with van der Waals surface area (Å²) in [7, 11) is 3.01. The number of nitrogens with zero attached hydrogens (tertiary/aromatic N) is 3. The molecule has 4 rings (SSSR count). The molecule has 1 aliphatic rings. The van der Waals surface area contributed by atoms with Gasteiger partial charge in [-0.25, -0.2) is 0 Å². The van der Waals surface area contributed by atoms with Crippen LogP contribution in [0.5, 0.6) is 11.5 Å². The van der Waals surface area contributed by atoms with Crippen molar-refractivity contribution in [2.45, 2.75) is 0 Å². The van der Waals surface area contributed by atoms with Gasteiger partial charge in [0.2, 0.25) is 0 Å². The smallest absolute Gasteiger partial charge is 0.257 e. The highest BCUT2D eigenvalue weighted by molar-refractivity contribution is 6.41. The Bertz CT molecular complexity index is 1200. The Kier molecular flexibility index (Phi) is 5.57. The largest absolute Gasteiger partial charge is 0.495 e. The monoisotopic (exact) mass is 442 g/mol. The van der Waals surface area contributed by atoms with Gasteiger partial charge < -0.3 is 14.8 Å². The van der Waals surface area contributed by atoms with Gasteiger partial charge in [0.05, 0.1) is 41.9 Å². The van der Waals surface area contributed by atoms with Crippen LogP contribution in [0.25, 0.3) is 22.2 Å². The number of aliphatic imine (C=N–C) groups is 1. The third-order valence-electron chi connectivity index (χ3n) is 4.63. The van der Waals surface area contributed by atoms with Crippen molar-refractivity contribution in [1.82, 2.24) is 15.3 Å². The van der Waals surface area contributed by atoms with Crippen LogP contribution in [0.3, 0.4) is 0 Å². The predicted molar refractivity (Wildman–Crippen MR) is 117 cm³/mol. The molecule has 0 spiro atoms. The lowest BCUT2D eigenvalue weighted by atomic mass is 9.99. The molecule has 0 aliphatic carbocycles. The molecule has 152 valence electrons. The molecular formula is C21H16Cl2N4O3. The number of rotatable bonds is 5. The molecule has 1 amide bonds. The number of amides is 1. The highest BCUT2D eigenvalue weighted by Gasteiger charge is 2.23. The molecule has 7 nitrogen and oxygen atoms in total.